The Morgan fingerprint density at radius 1 is 0.914 bits per heavy atom. The smallest absolute Gasteiger partial charge is 0.261 e. The van der Waals surface area contributed by atoms with Gasteiger partial charge in [0.1, 0.15) is 0 Å². The van der Waals surface area contributed by atoms with E-state index in [1.807, 2.05) is 26.0 Å². The molecule has 1 fully saturated rings. The molecule has 4 rings (SSSR count). The quantitative estimate of drug-likeness (QED) is 0.472. The minimum Gasteiger partial charge on any atom is -0.326 e. The third kappa shape index (κ3) is 6.29. The summed E-state index contributed by atoms with van der Waals surface area (Å²) in [5, 5.41) is 2.96. The summed E-state index contributed by atoms with van der Waals surface area (Å²) in [7, 11) is -3.72. The first kappa shape index (κ1) is 24.9. The summed E-state index contributed by atoms with van der Waals surface area (Å²) in [4.78, 5) is 15.4. The van der Waals surface area contributed by atoms with Crippen LogP contribution in [0.2, 0.25) is 0 Å². The molecule has 3 aromatic carbocycles. The molecule has 184 valence electrons. The van der Waals surface area contributed by atoms with Crippen LogP contribution < -0.4 is 10.0 Å². The van der Waals surface area contributed by atoms with E-state index in [2.05, 4.69) is 46.1 Å². The second-order valence-electron chi connectivity index (χ2n) is 9.41. The average molecular weight is 492 g/mol. The molecular formula is C28H33N3O3S. The molecule has 1 aliphatic heterocycles. The van der Waals surface area contributed by atoms with Crippen molar-refractivity contribution in [2.24, 2.45) is 5.92 Å². The number of carbonyl (C=O) groups excluding carboxylic acids is 1. The summed E-state index contributed by atoms with van der Waals surface area (Å²) < 4.78 is 28.2. The number of nitrogens with one attached hydrogen (secondary N) is 2. The Morgan fingerprint density at radius 3 is 2.26 bits per heavy atom. The summed E-state index contributed by atoms with van der Waals surface area (Å²) in [5.74, 6) is -0.0535. The van der Waals surface area contributed by atoms with E-state index >= 15 is 0 Å². The number of anilines is 2. The molecule has 0 bridgehead atoms. The highest BCUT2D eigenvalue weighted by molar-refractivity contribution is 7.92. The van der Waals surface area contributed by atoms with E-state index in [0.717, 1.165) is 43.6 Å². The summed E-state index contributed by atoms with van der Waals surface area (Å²) in [5.41, 5.74) is 5.72. The van der Waals surface area contributed by atoms with E-state index < -0.39 is 10.0 Å². The van der Waals surface area contributed by atoms with Gasteiger partial charge in [0.05, 0.1) is 10.6 Å². The van der Waals surface area contributed by atoms with Crippen LogP contribution in [0, 0.1) is 26.7 Å². The Hall–Kier alpha value is -3.16. The predicted molar refractivity (Wildman–Crippen MR) is 141 cm³/mol. The molecule has 1 saturated heterocycles. The molecule has 6 nitrogen and oxygen atoms in total. The van der Waals surface area contributed by atoms with Gasteiger partial charge >= 0.3 is 0 Å². The van der Waals surface area contributed by atoms with Gasteiger partial charge < -0.3 is 5.32 Å². The lowest BCUT2D eigenvalue weighted by Crippen LogP contribution is -2.37. The van der Waals surface area contributed by atoms with E-state index in [4.69, 9.17) is 0 Å². The van der Waals surface area contributed by atoms with Gasteiger partial charge in [0, 0.05) is 18.2 Å². The highest BCUT2D eigenvalue weighted by atomic mass is 32.2. The predicted octanol–water partition coefficient (Wildman–Crippen LogP) is 5.26. The number of likely N-dealkylation sites (tertiary alicyclic amines) is 1. The Kier molecular flexibility index (Phi) is 7.57. The number of carbonyl (C=O) groups is 1. The number of piperidine rings is 1. The van der Waals surface area contributed by atoms with Crippen molar-refractivity contribution in [3.05, 3.63) is 89.0 Å². The van der Waals surface area contributed by atoms with Crippen molar-refractivity contribution < 1.29 is 13.2 Å². The van der Waals surface area contributed by atoms with E-state index in [1.54, 1.807) is 18.2 Å². The second-order valence-corrected chi connectivity index (χ2v) is 11.1. The van der Waals surface area contributed by atoms with Crippen LogP contribution in [-0.2, 0) is 21.4 Å². The number of rotatable bonds is 7. The average Bonchev–Trinajstić information content (AvgIpc) is 2.83. The van der Waals surface area contributed by atoms with Crippen molar-refractivity contribution in [1.82, 2.24) is 4.90 Å². The minimum atomic E-state index is -3.72. The second kappa shape index (κ2) is 10.6. The third-order valence-corrected chi connectivity index (χ3v) is 8.05. The number of benzene rings is 3. The molecule has 0 saturated carbocycles. The third-order valence-electron chi connectivity index (χ3n) is 6.67. The van der Waals surface area contributed by atoms with Crippen LogP contribution in [0.15, 0.2) is 71.6 Å². The first-order valence-corrected chi connectivity index (χ1v) is 13.5. The molecule has 0 atom stereocenters. The molecule has 1 aliphatic rings. The van der Waals surface area contributed by atoms with Crippen molar-refractivity contribution >= 4 is 27.3 Å². The zero-order valence-corrected chi connectivity index (χ0v) is 21.4. The summed E-state index contributed by atoms with van der Waals surface area (Å²) >= 11 is 0. The van der Waals surface area contributed by atoms with Crippen molar-refractivity contribution in [3.63, 3.8) is 0 Å². The van der Waals surface area contributed by atoms with Crippen LogP contribution in [0.4, 0.5) is 11.4 Å². The monoisotopic (exact) mass is 491 g/mol. The van der Waals surface area contributed by atoms with Gasteiger partial charge in [0.2, 0.25) is 5.91 Å². The summed E-state index contributed by atoms with van der Waals surface area (Å²) in [6.45, 7) is 8.64. The molecule has 0 aromatic heterocycles. The zero-order valence-electron chi connectivity index (χ0n) is 20.5. The van der Waals surface area contributed by atoms with Gasteiger partial charge in [-0.05, 0) is 93.7 Å². The van der Waals surface area contributed by atoms with Gasteiger partial charge in [-0.25, -0.2) is 8.42 Å². The van der Waals surface area contributed by atoms with E-state index in [0.29, 0.717) is 11.4 Å². The molecule has 3 aromatic rings. The number of hydrogen-bond donors (Lipinski definition) is 2. The van der Waals surface area contributed by atoms with Crippen molar-refractivity contribution in [3.8, 4) is 0 Å². The maximum absolute atomic E-state index is 12.8. The highest BCUT2D eigenvalue weighted by Gasteiger charge is 2.25. The maximum atomic E-state index is 12.8. The highest BCUT2D eigenvalue weighted by Crippen LogP contribution is 2.24. The van der Waals surface area contributed by atoms with Gasteiger partial charge in [-0.15, -0.1) is 0 Å². The van der Waals surface area contributed by atoms with Crippen LogP contribution in [0.25, 0.3) is 0 Å². The summed E-state index contributed by atoms with van der Waals surface area (Å²) in [6.07, 6.45) is 1.62. The SMILES string of the molecule is Cc1ccc(NS(=O)(=O)c2ccc(NC(=O)C3CCN(Cc4ccccc4C)CC3)cc2)c(C)c1. The fourth-order valence-electron chi connectivity index (χ4n) is 4.48. The number of hydrogen-bond acceptors (Lipinski definition) is 4. The first-order chi connectivity index (χ1) is 16.7. The molecule has 1 heterocycles. The lowest BCUT2D eigenvalue weighted by molar-refractivity contribution is -0.121. The van der Waals surface area contributed by atoms with Crippen molar-refractivity contribution in [1.29, 1.82) is 0 Å². The number of sulfonamides is 1. The number of aryl methyl sites for hydroxylation is 3. The van der Waals surface area contributed by atoms with E-state index in [1.165, 1.54) is 23.3 Å². The lowest BCUT2D eigenvalue weighted by atomic mass is 9.95. The van der Waals surface area contributed by atoms with Crippen LogP contribution in [0.3, 0.4) is 0 Å². The van der Waals surface area contributed by atoms with Gasteiger partial charge in [0.15, 0.2) is 0 Å². The molecule has 2 N–H and O–H groups in total. The minimum absolute atomic E-state index is 0.00967. The molecule has 0 aliphatic carbocycles. The normalized spacial score (nSPS) is 15.1. The largest absolute Gasteiger partial charge is 0.326 e. The molecular weight excluding hydrogens is 458 g/mol. The van der Waals surface area contributed by atoms with Gasteiger partial charge in [0.25, 0.3) is 10.0 Å². The molecule has 7 heteroatoms. The van der Waals surface area contributed by atoms with Gasteiger partial charge in [-0.1, -0.05) is 42.0 Å². The first-order valence-electron chi connectivity index (χ1n) is 12.0. The van der Waals surface area contributed by atoms with Gasteiger partial charge in [-0.3, -0.25) is 14.4 Å². The van der Waals surface area contributed by atoms with Crippen molar-refractivity contribution in [2.45, 2.75) is 45.1 Å². The topological polar surface area (TPSA) is 78.5 Å². The van der Waals surface area contributed by atoms with E-state index in [9.17, 15) is 13.2 Å². The molecule has 0 unspecified atom stereocenters. The van der Waals surface area contributed by atoms with Crippen LogP contribution in [0.5, 0.6) is 0 Å². The fourth-order valence-corrected chi connectivity index (χ4v) is 5.61. The molecule has 0 spiro atoms. The van der Waals surface area contributed by atoms with Crippen LogP contribution in [0.1, 0.15) is 35.1 Å². The Labute approximate surface area is 208 Å². The Morgan fingerprint density at radius 2 is 1.60 bits per heavy atom. The number of nitrogens with zero attached hydrogens (tertiary/aromatic N) is 1. The Balaban J connectivity index is 1.31. The lowest BCUT2D eigenvalue weighted by Gasteiger charge is -2.31. The van der Waals surface area contributed by atoms with E-state index in [-0.39, 0.29) is 16.7 Å². The Bertz CT molecular complexity index is 1300. The van der Waals surface area contributed by atoms with Crippen molar-refractivity contribution in [2.75, 3.05) is 23.1 Å². The van der Waals surface area contributed by atoms with Crippen LogP contribution in [-0.4, -0.2) is 32.3 Å². The van der Waals surface area contributed by atoms with Crippen LogP contribution >= 0.6 is 0 Å². The maximum Gasteiger partial charge on any atom is 0.261 e. The number of amides is 1. The van der Waals surface area contributed by atoms with Gasteiger partial charge in [-0.2, -0.15) is 0 Å². The molecule has 0 radical (unpaired) electrons. The standard InChI is InChI=1S/C28H33N3O3S/c1-20-8-13-27(22(3)18-20)30-35(33,34)26-11-9-25(10-12-26)29-28(32)23-14-16-31(17-15-23)19-24-7-5-4-6-21(24)2/h4-13,18,23,30H,14-17,19H2,1-3H3,(H,29,32). The molecule has 1 amide bonds. The summed E-state index contributed by atoms with van der Waals surface area (Å²) in [6, 6.07) is 20.3. The molecule has 35 heavy (non-hydrogen) atoms. The fraction of sp³-hybridized carbons (Fsp3) is 0.321. The zero-order chi connectivity index (χ0) is 25.0.